The molecular weight excluding hydrogens is 212 g/mol. The van der Waals surface area contributed by atoms with Crippen LogP contribution in [0.3, 0.4) is 0 Å². The molecule has 4 nitrogen and oxygen atoms in total. The van der Waals surface area contributed by atoms with E-state index >= 15 is 0 Å². The summed E-state index contributed by atoms with van der Waals surface area (Å²) in [5.41, 5.74) is 3.48. The smallest absolute Gasteiger partial charge is 0.0951 e. The van der Waals surface area contributed by atoms with E-state index in [1.807, 2.05) is 31.8 Å². The number of nitrogens with zero attached hydrogens (tertiary/aromatic N) is 3. The van der Waals surface area contributed by atoms with Gasteiger partial charge in [-0.05, 0) is 31.4 Å². The summed E-state index contributed by atoms with van der Waals surface area (Å²) >= 11 is 0. The Hall–Kier alpha value is -1.84. The van der Waals surface area contributed by atoms with Gasteiger partial charge in [0.2, 0.25) is 0 Å². The first-order valence-electron chi connectivity index (χ1n) is 5.99. The summed E-state index contributed by atoms with van der Waals surface area (Å²) in [5.74, 6) is 0. The standard InChI is InChI=1S/C13H16N4/c1-10-4-11(6-14-5-10)16-8-13-7-15-9-17(13)12-2-3-12/h4-7,9,12,16H,2-3,8H2,1H3. The number of aromatic nitrogens is 3. The number of hydrogen-bond acceptors (Lipinski definition) is 3. The molecule has 0 aromatic carbocycles. The third kappa shape index (κ3) is 2.30. The summed E-state index contributed by atoms with van der Waals surface area (Å²) in [7, 11) is 0. The maximum Gasteiger partial charge on any atom is 0.0951 e. The summed E-state index contributed by atoms with van der Waals surface area (Å²) in [4.78, 5) is 8.39. The van der Waals surface area contributed by atoms with Crippen molar-refractivity contribution in [2.24, 2.45) is 0 Å². The average Bonchev–Trinajstić information content (AvgIpc) is 3.06. The Morgan fingerprint density at radius 2 is 2.18 bits per heavy atom. The number of anilines is 1. The molecule has 3 rings (SSSR count). The summed E-state index contributed by atoms with van der Waals surface area (Å²) < 4.78 is 2.27. The van der Waals surface area contributed by atoms with Crippen molar-refractivity contribution in [2.45, 2.75) is 32.4 Å². The fraction of sp³-hybridized carbons (Fsp3) is 0.385. The van der Waals surface area contributed by atoms with Gasteiger partial charge in [-0.15, -0.1) is 0 Å². The number of imidazole rings is 1. The monoisotopic (exact) mass is 228 g/mol. The van der Waals surface area contributed by atoms with Crippen molar-refractivity contribution in [1.29, 1.82) is 0 Å². The van der Waals surface area contributed by atoms with Crippen LogP contribution in [0.25, 0.3) is 0 Å². The lowest BCUT2D eigenvalue weighted by atomic mass is 10.3. The fourth-order valence-electron chi connectivity index (χ4n) is 1.99. The molecule has 1 aliphatic carbocycles. The Labute approximate surface area is 101 Å². The van der Waals surface area contributed by atoms with Gasteiger partial charge < -0.3 is 9.88 Å². The van der Waals surface area contributed by atoms with Gasteiger partial charge in [-0.25, -0.2) is 4.98 Å². The normalized spacial score (nSPS) is 14.9. The van der Waals surface area contributed by atoms with E-state index < -0.39 is 0 Å². The second-order valence-corrected chi connectivity index (χ2v) is 4.63. The van der Waals surface area contributed by atoms with E-state index in [0.29, 0.717) is 6.04 Å². The molecule has 1 fully saturated rings. The Kier molecular flexibility index (Phi) is 2.55. The number of aryl methyl sites for hydroxylation is 1. The third-order valence-electron chi connectivity index (χ3n) is 3.04. The fourth-order valence-corrected chi connectivity index (χ4v) is 1.99. The van der Waals surface area contributed by atoms with Gasteiger partial charge in [0.25, 0.3) is 0 Å². The molecule has 0 saturated heterocycles. The zero-order chi connectivity index (χ0) is 11.7. The van der Waals surface area contributed by atoms with E-state index in [4.69, 9.17) is 0 Å². The average molecular weight is 228 g/mol. The summed E-state index contributed by atoms with van der Waals surface area (Å²) in [5, 5.41) is 3.39. The SMILES string of the molecule is Cc1cncc(NCc2cncn2C2CC2)c1. The highest BCUT2D eigenvalue weighted by atomic mass is 15.1. The quantitative estimate of drug-likeness (QED) is 0.874. The van der Waals surface area contributed by atoms with Crippen molar-refractivity contribution in [3.63, 3.8) is 0 Å². The van der Waals surface area contributed by atoms with E-state index in [-0.39, 0.29) is 0 Å². The van der Waals surface area contributed by atoms with Crippen LogP contribution >= 0.6 is 0 Å². The molecule has 0 spiro atoms. The molecule has 2 aromatic rings. The molecule has 1 aliphatic rings. The Morgan fingerprint density at radius 1 is 1.29 bits per heavy atom. The van der Waals surface area contributed by atoms with E-state index in [2.05, 4.69) is 25.9 Å². The minimum Gasteiger partial charge on any atom is -0.378 e. The van der Waals surface area contributed by atoms with E-state index in [1.165, 1.54) is 24.1 Å². The van der Waals surface area contributed by atoms with Crippen molar-refractivity contribution in [3.8, 4) is 0 Å². The van der Waals surface area contributed by atoms with Crippen LogP contribution in [-0.2, 0) is 6.54 Å². The van der Waals surface area contributed by atoms with Gasteiger partial charge in [-0.2, -0.15) is 0 Å². The first-order valence-corrected chi connectivity index (χ1v) is 5.99. The number of pyridine rings is 1. The molecule has 0 radical (unpaired) electrons. The number of nitrogens with one attached hydrogen (secondary N) is 1. The Balaban J connectivity index is 1.69. The lowest BCUT2D eigenvalue weighted by Crippen LogP contribution is -2.06. The molecule has 17 heavy (non-hydrogen) atoms. The van der Waals surface area contributed by atoms with Crippen molar-refractivity contribution in [1.82, 2.24) is 14.5 Å². The van der Waals surface area contributed by atoms with E-state index in [1.54, 1.807) is 0 Å². The molecule has 1 saturated carbocycles. The molecule has 2 aromatic heterocycles. The number of hydrogen-bond donors (Lipinski definition) is 1. The lowest BCUT2D eigenvalue weighted by Gasteiger charge is -2.09. The highest BCUT2D eigenvalue weighted by molar-refractivity contribution is 5.42. The zero-order valence-corrected chi connectivity index (χ0v) is 9.93. The Bertz CT molecular complexity index is 514. The molecule has 0 unspecified atom stereocenters. The van der Waals surface area contributed by atoms with Gasteiger partial charge in [-0.1, -0.05) is 0 Å². The molecule has 2 heterocycles. The van der Waals surface area contributed by atoms with Crippen LogP contribution in [-0.4, -0.2) is 14.5 Å². The maximum absolute atomic E-state index is 4.22. The molecular formula is C13H16N4. The highest BCUT2D eigenvalue weighted by Crippen LogP contribution is 2.35. The molecule has 0 aliphatic heterocycles. The van der Waals surface area contributed by atoms with E-state index in [0.717, 1.165) is 12.2 Å². The van der Waals surface area contributed by atoms with Gasteiger partial charge in [0.05, 0.1) is 24.3 Å². The lowest BCUT2D eigenvalue weighted by molar-refractivity contribution is 0.701. The minimum atomic E-state index is 0.685. The molecule has 0 atom stereocenters. The van der Waals surface area contributed by atoms with Gasteiger partial charge in [0.15, 0.2) is 0 Å². The second-order valence-electron chi connectivity index (χ2n) is 4.63. The largest absolute Gasteiger partial charge is 0.378 e. The van der Waals surface area contributed by atoms with E-state index in [9.17, 15) is 0 Å². The zero-order valence-electron chi connectivity index (χ0n) is 9.93. The first-order chi connectivity index (χ1) is 8.33. The van der Waals surface area contributed by atoms with Gasteiger partial charge in [0, 0.05) is 24.6 Å². The van der Waals surface area contributed by atoms with Crippen LogP contribution in [0.2, 0.25) is 0 Å². The van der Waals surface area contributed by atoms with Gasteiger partial charge >= 0.3 is 0 Å². The Morgan fingerprint density at radius 3 is 2.94 bits per heavy atom. The summed E-state index contributed by atoms with van der Waals surface area (Å²) in [6.45, 7) is 2.86. The van der Waals surface area contributed by atoms with Crippen LogP contribution in [0.4, 0.5) is 5.69 Å². The van der Waals surface area contributed by atoms with Crippen LogP contribution in [0.1, 0.15) is 30.1 Å². The molecule has 0 bridgehead atoms. The molecule has 0 amide bonds. The maximum atomic E-state index is 4.22. The minimum absolute atomic E-state index is 0.685. The van der Waals surface area contributed by atoms with Crippen molar-refractivity contribution < 1.29 is 0 Å². The van der Waals surface area contributed by atoms with Crippen molar-refractivity contribution in [2.75, 3.05) is 5.32 Å². The summed E-state index contributed by atoms with van der Waals surface area (Å²) in [6.07, 6.45) is 10.2. The summed E-state index contributed by atoms with van der Waals surface area (Å²) in [6, 6.07) is 2.79. The van der Waals surface area contributed by atoms with Crippen LogP contribution in [0.15, 0.2) is 31.0 Å². The molecule has 4 heteroatoms. The van der Waals surface area contributed by atoms with Crippen molar-refractivity contribution >= 4 is 5.69 Å². The van der Waals surface area contributed by atoms with Gasteiger partial charge in [-0.3, -0.25) is 4.98 Å². The first kappa shape index (κ1) is 10.3. The topological polar surface area (TPSA) is 42.7 Å². The highest BCUT2D eigenvalue weighted by Gasteiger charge is 2.24. The van der Waals surface area contributed by atoms with Crippen LogP contribution in [0.5, 0.6) is 0 Å². The molecule has 88 valence electrons. The van der Waals surface area contributed by atoms with Crippen molar-refractivity contribution in [3.05, 3.63) is 42.2 Å². The predicted molar refractivity (Wildman–Crippen MR) is 66.8 cm³/mol. The second kappa shape index (κ2) is 4.20. The van der Waals surface area contributed by atoms with Gasteiger partial charge in [0.1, 0.15) is 0 Å². The van der Waals surface area contributed by atoms with Crippen LogP contribution < -0.4 is 5.32 Å². The number of rotatable bonds is 4. The third-order valence-corrected chi connectivity index (χ3v) is 3.04. The predicted octanol–water partition coefficient (Wildman–Crippen LogP) is 2.53. The van der Waals surface area contributed by atoms with Crippen LogP contribution in [0, 0.1) is 6.92 Å². The molecule has 1 N–H and O–H groups in total.